The molecule has 0 unspecified atom stereocenters. The lowest BCUT2D eigenvalue weighted by molar-refractivity contribution is 0.545. The molecule has 1 aliphatic carbocycles. The molecular formula is C9H17N. The highest BCUT2D eigenvalue weighted by Crippen LogP contribution is 2.27. The maximum atomic E-state index is 3.17. The Hall–Kier alpha value is -0.300. The monoisotopic (exact) mass is 139 g/mol. The molecule has 10 heavy (non-hydrogen) atoms. The van der Waals surface area contributed by atoms with Crippen LogP contribution in [0.15, 0.2) is 11.6 Å². The molecule has 58 valence electrons. The summed E-state index contributed by atoms with van der Waals surface area (Å²) in [6.45, 7) is 3.47. The molecule has 1 heteroatoms. The highest BCUT2D eigenvalue weighted by Gasteiger charge is 2.12. The van der Waals surface area contributed by atoms with E-state index in [9.17, 15) is 0 Å². The van der Waals surface area contributed by atoms with E-state index in [1.807, 2.05) is 7.05 Å². The summed E-state index contributed by atoms with van der Waals surface area (Å²) >= 11 is 0. The van der Waals surface area contributed by atoms with Gasteiger partial charge in [0.25, 0.3) is 0 Å². The molecular weight excluding hydrogens is 122 g/mol. The molecule has 0 saturated heterocycles. The van der Waals surface area contributed by atoms with E-state index in [2.05, 4.69) is 18.3 Å². The summed E-state index contributed by atoms with van der Waals surface area (Å²) in [5.74, 6) is 0.821. The van der Waals surface area contributed by atoms with Crippen LogP contribution in [0.5, 0.6) is 0 Å². The zero-order chi connectivity index (χ0) is 7.40. The topological polar surface area (TPSA) is 12.0 Å². The van der Waals surface area contributed by atoms with Gasteiger partial charge in [-0.15, -0.1) is 0 Å². The van der Waals surface area contributed by atoms with E-state index in [0.717, 1.165) is 12.5 Å². The summed E-state index contributed by atoms with van der Waals surface area (Å²) in [6.07, 6.45) is 6.34. The van der Waals surface area contributed by atoms with E-state index in [1.54, 1.807) is 5.57 Å². The fraction of sp³-hybridized carbons (Fsp3) is 0.778. The van der Waals surface area contributed by atoms with Crippen LogP contribution in [0, 0.1) is 5.92 Å². The molecule has 0 aliphatic heterocycles. The van der Waals surface area contributed by atoms with Gasteiger partial charge in [0, 0.05) is 0 Å². The summed E-state index contributed by atoms with van der Waals surface area (Å²) in [6, 6.07) is 0. The number of hydrogen-bond donors (Lipinski definition) is 1. The molecule has 0 aromatic carbocycles. The SMILES string of the molecule is CNCC[C@H](C)C1=CCC1. The lowest BCUT2D eigenvalue weighted by Gasteiger charge is -2.21. The van der Waals surface area contributed by atoms with Gasteiger partial charge in [0.15, 0.2) is 0 Å². The van der Waals surface area contributed by atoms with Crippen molar-refractivity contribution in [2.24, 2.45) is 5.92 Å². The van der Waals surface area contributed by atoms with Crippen LogP contribution in [0.4, 0.5) is 0 Å². The van der Waals surface area contributed by atoms with E-state index < -0.39 is 0 Å². The summed E-state index contributed by atoms with van der Waals surface area (Å²) in [4.78, 5) is 0. The van der Waals surface area contributed by atoms with Gasteiger partial charge in [-0.3, -0.25) is 0 Å². The zero-order valence-corrected chi connectivity index (χ0v) is 6.98. The first-order valence-corrected chi connectivity index (χ1v) is 4.18. The van der Waals surface area contributed by atoms with Crippen LogP contribution in [0.2, 0.25) is 0 Å². The third-order valence-electron chi connectivity index (χ3n) is 2.30. The number of rotatable bonds is 4. The lowest BCUT2D eigenvalue weighted by atomic mass is 9.86. The van der Waals surface area contributed by atoms with Crippen LogP contribution >= 0.6 is 0 Å². The molecule has 1 atom stereocenters. The third kappa shape index (κ3) is 1.84. The first-order valence-electron chi connectivity index (χ1n) is 4.18. The second-order valence-electron chi connectivity index (χ2n) is 3.11. The van der Waals surface area contributed by atoms with Gasteiger partial charge in [0.05, 0.1) is 0 Å². The standard InChI is InChI=1S/C9H17N/c1-8(6-7-10-2)9-4-3-5-9/h4,8,10H,3,5-7H2,1-2H3/t8-/m0/s1. The quantitative estimate of drug-likeness (QED) is 0.587. The van der Waals surface area contributed by atoms with Crippen molar-refractivity contribution in [1.82, 2.24) is 5.32 Å². The molecule has 0 fully saturated rings. The molecule has 1 aliphatic rings. The minimum atomic E-state index is 0.821. The van der Waals surface area contributed by atoms with Crippen molar-refractivity contribution in [3.63, 3.8) is 0 Å². The number of allylic oxidation sites excluding steroid dienone is 2. The van der Waals surface area contributed by atoms with Gasteiger partial charge < -0.3 is 5.32 Å². The number of hydrogen-bond acceptors (Lipinski definition) is 1. The lowest BCUT2D eigenvalue weighted by Crippen LogP contribution is -2.14. The maximum Gasteiger partial charge on any atom is -0.00463 e. The second-order valence-corrected chi connectivity index (χ2v) is 3.11. The Morgan fingerprint density at radius 3 is 2.80 bits per heavy atom. The molecule has 0 saturated carbocycles. The molecule has 0 radical (unpaired) electrons. The van der Waals surface area contributed by atoms with E-state index >= 15 is 0 Å². The predicted octanol–water partition coefficient (Wildman–Crippen LogP) is 1.95. The fourth-order valence-corrected chi connectivity index (χ4v) is 1.30. The Bertz CT molecular complexity index is 127. The Balaban J connectivity index is 2.14. The highest BCUT2D eigenvalue weighted by molar-refractivity contribution is 5.14. The van der Waals surface area contributed by atoms with E-state index in [1.165, 1.54) is 19.3 Å². The fourth-order valence-electron chi connectivity index (χ4n) is 1.30. The third-order valence-corrected chi connectivity index (χ3v) is 2.30. The van der Waals surface area contributed by atoms with Crippen molar-refractivity contribution >= 4 is 0 Å². The van der Waals surface area contributed by atoms with E-state index in [0.29, 0.717) is 0 Å². The Morgan fingerprint density at radius 2 is 2.40 bits per heavy atom. The Morgan fingerprint density at radius 1 is 1.70 bits per heavy atom. The minimum Gasteiger partial charge on any atom is -0.320 e. The Labute approximate surface area is 63.5 Å². The molecule has 1 nitrogen and oxygen atoms in total. The van der Waals surface area contributed by atoms with Gasteiger partial charge in [0.1, 0.15) is 0 Å². The molecule has 1 rings (SSSR count). The van der Waals surface area contributed by atoms with Crippen molar-refractivity contribution in [3.8, 4) is 0 Å². The van der Waals surface area contributed by atoms with E-state index in [4.69, 9.17) is 0 Å². The van der Waals surface area contributed by atoms with Crippen LogP contribution in [0.3, 0.4) is 0 Å². The average Bonchev–Trinajstić information content (AvgIpc) is 1.79. The minimum absolute atomic E-state index is 0.821. The zero-order valence-electron chi connectivity index (χ0n) is 6.98. The van der Waals surface area contributed by atoms with Crippen LogP contribution < -0.4 is 5.32 Å². The first-order chi connectivity index (χ1) is 4.84. The van der Waals surface area contributed by atoms with Crippen molar-refractivity contribution in [3.05, 3.63) is 11.6 Å². The van der Waals surface area contributed by atoms with Gasteiger partial charge in [-0.25, -0.2) is 0 Å². The van der Waals surface area contributed by atoms with Crippen LogP contribution in [-0.2, 0) is 0 Å². The van der Waals surface area contributed by atoms with Crippen molar-refractivity contribution in [2.75, 3.05) is 13.6 Å². The average molecular weight is 139 g/mol. The van der Waals surface area contributed by atoms with Gasteiger partial charge >= 0.3 is 0 Å². The second kappa shape index (κ2) is 3.77. The van der Waals surface area contributed by atoms with Crippen LogP contribution in [0.25, 0.3) is 0 Å². The van der Waals surface area contributed by atoms with Gasteiger partial charge in [-0.05, 0) is 38.8 Å². The highest BCUT2D eigenvalue weighted by atomic mass is 14.8. The smallest absolute Gasteiger partial charge is 0.00463 e. The number of nitrogens with one attached hydrogen (secondary N) is 1. The van der Waals surface area contributed by atoms with Crippen molar-refractivity contribution < 1.29 is 0 Å². The summed E-state index contributed by atoms with van der Waals surface area (Å²) in [7, 11) is 2.02. The van der Waals surface area contributed by atoms with Gasteiger partial charge in [-0.2, -0.15) is 0 Å². The van der Waals surface area contributed by atoms with Crippen LogP contribution in [-0.4, -0.2) is 13.6 Å². The maximum absolute atomic E-state index is 3.17. The normalized spacial score (nSPS) is 19.6. The molecule has 0 aromatic rings. The molecule has 1 N–H and O–H groups in total. The van der Waals surface area contributed by atoms with Crippen molar-refractivity contribution in [2.45, 2.75) is 26.2 Å². The summed E-state index contributed by atoms with van der Waals surface area (Å²) < 4.78 is 0. The largest absolute Gasteiger partial charge is 0.320 e. The van der Waals surface area contributed by atoms with Crippen LogP contribution in [0.1, 0.15) is 26.2 Å². The Kier molecular flexibility index (Phi) is 2.94. The molecule has 0 aromatic heterocycles. The van der Waals surface area contributed by atoms with Crippen molar-refractivity contribution in [1.29, 1.82) is 0 Å². The summed E-state index contributed by atoms with van der Waals surface area (Å²) in [5, 5.41) is 3.17. The van der Waals surface area contributed by atoms with Gasteiger partial charge in [-0.1, -0.05) is 18.6 Å². The van der Waals surface area contributed by atoms with Gasteiger partial charge in [0.2, 0.25) is 0 Å². The predicted molar refractivity (Wildman–Crippen MR) is 45.0 cm³/mol. The molecule has 0 heterocycles. The van der Waals surface area contributed by atoms with E-state index in [-0.39, 0.29) is 0 Å². The molecule has 0 spiro atoms. The first kappa shape index (κ1) is 7.80. The summed E-state index contributed by atoms with van der Waals surface area (Å²) in [5.41, 5.74) is 1.68. The molecule has 0 amide bonds. The molecule has 0 bridgehead atoms.